The number of hydrogen-bond donors (Lipinski definition) is 1. The van der Waals surface area contributed by atoms with E-state index in [2.05, 4.69) is 15.1 Å². The van der Waals surface area contributed by atoms with Gasteiger partial charge in [-0.1, -0.05) is 11.3 Å². The molecule has 2 rings (SSSR count). The van der Waals surface area contributed by atoms with Gasteiger partial charge < -0.3 is 5.11 Å². The molecule has 4 nitrogen and oxygen atoms in total. The highest BCUT2D eigenvalue weighted by Crippen LogP contribution is 2.18. The van der Waals surface area contributed by atoms with Crippen molar-refractivity contribution in [3.05, 3.63) is 9.47 Å². The van der Waals surface area contributed by atoms with Gasteiger partial charge in [-0.2, -0.15) is 0 Å². The summed E-state index contributed by atoms with van der Waals surface area (Å²) in [7, 11) is 0. The Hall–Kier alpha value is -0.230. The molecule has 1 saturated heterocycles. The summed E-state index contributed by atoms with van der Waals surface area (Å²) in [4.78, 5) is 2.10. The SMILES string of the molecule is OC1CN(Cc2nnc(Cl)s2)C1. The Morgan fingerprint density at radius 1 is 1.58 bits per heavy atom. The summed E-state index contributed by atoms with van der Waals surface area (Å²) in [6.45, 7) is 2.22. The maximum atomic E-state index is 9.00. The lowest BCUT2D eigenvalue weighted by Gasteiger charge is -2.34. The Bertz CT molecular complexity index is 274. The smallest absolute Gasteiger partial charge is 0.207 e. The zero-order chi connectivity index (χ0) is 8.55. The number of aromatic nitrogens is 2. The van der Waals surface area contributed by atoms with Crippen LogP contribution in [0, 0.1) is 0 Å². The van der Waals surface area contributed by atoms with E-state index >= 15 is 0 Å². The van der Waals surface area contributed by atoms with Gasteiger partial charge in [-0.3, -0.25) is 4.90 Å². The van der Waals surface area contributed by atoms with E-state index in [4.69, 9.17) is 16.7 Å². The quantitative estimate of drug-likeness (QED) is 0.758. The van der Waals surface area contributed by atoms with Crippen LogP contribution in [0.2, 0.25) is 4.47 Å². The largest absolute Gasteiger partial charge is 0.390 e. The maximum Gasteiger partial charge on any atom is 0.207 e. The fourth-order valence-electron chi connectivity index (χ4n) is 1.16. The molecule has 0 bridgehead atoms. The van der Waals surface area contributed by atoms with Crippen molar-refractivity contribution in [2.75, 3.05) is 13.1 Å². The van der Waals surface area contributed by atoms with Crippen LogP contribution in [0.1, 0.15) is 5.01 Å². The molecule has 0 amide bonds. The van der Waals surface area contributed by atoms with Gasteiger partial charge in [-0.25, -0.2) is 0 Å². The average molecular weight is 206 g/mol. The molecule has 1 aliphatic heterocycles. The molecule has 0 aromatic carbocycles. The van der Waals surface area contributed by atoms with Crippen molar-refractivity contribution in [1.82, 2.24) is 15.1 Å². The molecule has 2 heterocycles. The molecule has 12 heavy (non-hydrogen) atoms. The summed E-state index contributed by atoms with van der Waals surface area (Å²) < 4.78 is 0.478. The third-order valence-corrected chi connectivity index (χ3v) is 2.74. The predicted molar refractivity (Wildman–Crippen MR) is 46.2 cm³/mol. The molecular formula is C6H8ClN3OS. The third-order valence-electron chi connectivity index (χ3n) is 1.74. The first-order chi connectivity index (χ1) is 5.74. The summed E-state index contributed by atoms with van der Waals surface area (Å²) in [5, 5.41) is 17.5. The van der Waals surface area contributed by atoms with Crippen molar-refractivity contribution in [2.45, 2.75) is 12.6 Å². The van der Waals surface area contributed by atoms with Crippen LogP contribution >= 0.6 is 22.9 Å². The van der Waals surface area contributed by atoms with E-state index < -0.39 is 0 Å². The molecule has 1 fully saturated rings. The molecule has 1 aromatic rings. The van der Waals surface area contributed by atoms with E-state index in [-0.39, 0.29) is 6.10 Å². The van der Waals surface area contributed by atoms with Crippen molar-refractivity contribution in [2.24, 2.45) is 0 Å². The van der Waals surface area contributed by atoms with Crippen LogP contribution in [0.5, 0.6) is 0 Å². The number of rotatable bonds is 2. The standard InChI is InChI=1S/C6H8ClN3OS/c7-6-9-8-5(12-6)3-10-1-4(11)2-10/h4,11H,1-3H2. The van der Waals surface area contributed by atoms with E-state index in [0.717, 1.165) is 24.6 Å². The van der Waals surface area contributed by atoms with Crippen LogP contribution in [-0.4, -0.2) is 39.4 Å². The number of aliphatic hydroxyl groups excluding tert-OH is 1. The van der Waals surface area contributed by atoms with Crippen molar-refractivity contribution < 1.29 is 5.11 Å². The van der Waals surface area contributed by atoms with Gasteiger partial charge >= 0.3 is 0 Å². The van der Waals surface area contributed by atoms with E-state index in [1.165, 1.54) is 11.3 Å². The van der Waals surface area contributed by atoms with Gasteiger partial charge in [0.05, 0.1) is 12.6 Å². The first-order valence-corrected chi connectivity index (χ1v) is 4.82. The van der Waals surface area contributed by atoms with Crippen molar-refractivity contribution in [1.29, 1.82) is 0 Å². The third kappa shape index (κ3) is 1.74. The Balaban J connectivity index is 1.88. The minimum atomic E-state index is -0.159. The van der Waals surface area contributed by atoms with Gasteiger partial charge in [0.1, 0.15) is 5.01 Å². The molecule has 0 aliphatic carbocycles. The van der Waals surface area contributed by atoms with Crippen molar-refractivity contribution in [3.63, 3.8) is 0 Å². The van der Waals surface area contributed by atoms with Gasteiger partial charge in [0, 0.05) is 13.1 Å². The van der Waals surface area contributed by atoms with E-state index in [1.54, 1.807) is 0 Å². The molecule has 1 aliphatic rings. The molecule has 1 N–H and O–H groups in total. The highest BCUT2D eigenvalue weighted by molar-refractivity contribution is 7.15. The topological polar surface area (TPSA) is 49.2 Å². The Morgan fingerprint density at radius 3 is 2.83 bits per heavy atom. The summed E-state index contributed by atoms with van der Waals surface area (Å²) >= 11 is 7.00. The molecule has 6 heteroatoms. The monoisotopic (exact) mass is 205 g/mol. The Kier molecular flexibility index (Phi) is 2.27. The molecule has 0 radical (unpaired) electrons. The normalized spacial score (nSPS) is 19.5. The molecule has 0 unspecified atom stereocenters. The average Bonchev–Trinajstić information content (AvgIpc) is 2.33. The van der Waals surface area contributed by atoms with Gasteiger partial charge in [-0.15, -0.1) is 10.2 Å². The summed E-state index contributed by atoms with van der Waals surface area (Å²) in [6.07, 6.45) is -0.159. The second kappa shape index (κ2) is 3.26. The number of nitrogens with zero attached hydrogens (tertiary/aromatic N) is 3. The number of hydrogen-bond acceptors (Lipinski definition) is 5. The second-order valence-electron chi connectivity index (χ2n) is 2.80. The zero-order valence-electron chi connectivity index (χ0n) is 6.27. The van der Waals surface area contributed by atoms with Crippen LogP contribution in [0.25, 0.3) is 0 Å². The summed E-state index contributed by atoms with van der Waals surface area (Å²) in [5.74, 6) is 0. The van der Waals surface area contributed by atoms with Crippen LogP contribution in [0.15, 0.2) is 0 Å². The lowest BCUT2D eigenvalue weighted by Crippen LogP contribution is -2.49. The number of aliphatic hydroxyl groups is 1. The lowest BCUT2D eigenvalue weighted by atomic mass is 10.2. The van der Waals surface area contributed by atoms with Crippen molar-refractivity contribution >= 4 is 22.9 Å². The molecule has 1 aromatic heterocycles. The van der Waals surface area contributed by atoms with E-state index in [0.29, 0.717) is 4.47 Å². The number of halogens is 1. The second-order valence-corrected chi connectivity index (χ2v) is 4.44. The first kappa shape index (κ1) is 8.37. The van der Waals surface area contributed by atoms with Crippen LogP contribution < -0.4 is 0 Å². The Labute approximate surface area is 78.8 Å². The summed E-state index contributed by atoms with van der Waals surface area (Å²) in [5.41, 5.74) is 0. The van der Waals surface area contributed by atoms with Gasteiger partial charge in [0.25, 0.3) is 0 Å². The lowest BCUT2D eigenvalue weighted by molar-refractivity contribution is -0.00299. The van der Waals surface area contributed by atoms with E-state index in [1.807, 2.05) is 0 Å². The van der Waals surface area contributed by atoms with Crippen molar-refractivity contribution in [3.8, 4) is 0 Å². The minimum Gasteiger partial charge on any atom is -0.390 e. The van der Waals surface area contributed by atoms with Crippen LogP contribution in [0.4, 0.5) is 0 Å². The fraction of sp³-hybridized carbons (Fsp3) is 0.667. The molecule has 0 spiro atoms. The van der Waals surface area contributed by atoms with Gasteiger partial charge in [-0.05, 0) is 11.6 Å². The fourth-order valence-corrected chi connectivity index (χ4v) is 2.07. The maximum absolute atomic E-state index is 9.00. The highest BCUT2D eigenvalue weighted by atomic mass is 35.5. The Morgan fingerprint density at radius 2 is 2.33 bits per heavy atom. The predicted octanol–water partition coefficient (Wildman–Crippen LogP) is 0.368. The van der Waals surface area contributed by atoms with Crippen LogP contribution in [-0.2, 0) is 6.54 Å². The first-order valence-electron chi connectivity index (χ1n) is 3.62. The minimum absolute atomic E-state index is 0.159. The zero-order valence-corrected chi connectivity index (χ0v) is 7.85. The number of β-amino-alcohol motifs (C(OH)–C–C–N with tert-alkyl or cyclic N) is 1. The molecule has 66 valence electrons. The molecule has 0 saturated carbocycles. The number of likely N-dealkylation sites (tertiary alicyclic amines) is 1. The van der Waals surface area contributed by atoms with Gasteiger partial charge in [0.2, 0.25) is 4.47 Å². The van der Waals surface area contributed by atoms with Gasteiger partial charge in [0.15, 0.2) is 0 Å². The van der Waals surface area contributed by atoms with E-state index in [9.17, 15) is 0 Å². The highest BCUT2D eigenvalue weighted by Gasteiger charge is 2.24. The summed E-state index contributed by atoms with van der Waals surface area (Å²) in [6, 6.07) is 0. The molecular weight excluding hydrogens is 198 g/mol. The molecule has 0 atom stereocenters. The van der Waals surface area contributed by atoms with Crippen LogP contribution in [0.3, 0.4) is 0 Å².